The van der Waals surface area contributed by atoms with Crippen molar-refractivity contribution in [2.45, 2.75) is 39.8 Å². The summed E-state index contributed by atoms with van der Waals surface area (Å²) >= 11 is 0. The van der Waals surface area contributed by atoms with Crippen LogP contribution in [-0.4, -0.2) is 53.4 Å². The van der Waals surface area contributed by atoms with Crippen molar-refractivity contribution in [2.24, 2.45) is 5.73 Å². The standard InChI is InChI=1S/C14H26N4O2/c1-5-17(11(2)10-20-4)14(19)13-9-16-18(12(13)3)8-6-7-15/h9,11H,5-8,10,15H2,1-4H3. The zero-order chi connectivity index (χ0) is 15.1. The van der Waals surface area contributed by atoms with E-state index in [2.05, 4.69) is 5.10 Å². The summed E-state index contributed by atoms with van der Waals surface area (Å²) in [6.45, 7) is 8.42. The molecule has 0 spiro atoms. The maximum Gasteiger partial charge on any atom is 0.257 e. The van der Waals surface area contributed by atoms with Gasteiger partial charge in [-0.05, 0) is 33.7 Å². The summed E-state index contributed by atoms with van der Waals surface area (Å²) in [5.41, 5.74) is 7.06. The van der Waals surface area contributed by atoms with Crippen LogP contribution in [0.3, 0.4) is 0 Å². The van der Waals surface area contributed by atoms with Gasteiger partial charge in [0.2, 0.25) is 0 Å². The Morgan fingerprint density at radius 2 is 2.30 bits per heavy atom. The molecule has 1 atom stereocenters. The maximum absolute atomic E-state index is 12.6. The number of aryl methyl sites for hydroxylation is 1. The van der Waals surface area contributed by atoms with Crippen LogP contribution >= 0.6 is 0 Å². The number of carbonyl (C=O) groups excluding carboxylic acids is 1. The third kappa shape index (κ3) is 3.80. The van der Waals surface area contributed by atoms with Crippen molar-refractivity contribution in [1.29, 1.82) is 0 Å². The van der Waals surface area contributed by atoms with Crippen LogP contribution in [0.15, 0.2) is 6.20 Å². The number of nitrogens with zero attached hydrogens (tertiary/aromatic N) is 3. The van der Waals surface area contributed by atoms with Crippen LogP contribution in [0.25, 0.3) is 0 Å². The molecule has 1 aromatic heterocycles. The third-order valence-electron chi connectivity index (χ3n) is 3.45. The van der Waals surface area contributed by atoms with Crippen molar-refractivity contribution < 1.29 is 9.53 Å². The number of aromatic nitrogens is 2. The Balaban J connectivity index is 2.87. The van der Waals surface area contributed by atoms with Crippen LogP contribution in [0.2, 0.25) is 0 Å². The minimum atomic E-state index is 0.00792. The SMILES string of the molecule is CCN(C(=O)c1cnn(CCCN)c1C)C(C)COC. The van der Waals surface area contributed by atoms with Crippen molar-refractivity contribution >= 4 is 5.91 Å². The molecule has 0 aliphatic heterocycles. The van der Waals surface area contributed by atoms with Gasteiger partial charge in [0.1, 0.15) is 0 Å². The fraction of sp³-hybridized carbons (Fsp3) is 0.714. The van der Waals surface area contributed by atoms with E-state index in [4.69, 9.17) is 10.5 Å². The van der Waals surface area contributed by atoms with Gasteiger partial charge in [0.05, 0.1) is 24.4 Å². The van der Waals surface area contributed by atoms with Gasteiger partial charge in [0.25, 0.3) is 5.91 Å². The second-order valence-electron chi connectivity index (χ2n) is 4.90. The molecule has 0 radical (unpaired) electrons. The molecule has 0 bridgehead atoms. The van der Waals surface area contributed by atoms with Gasteiger partial charge in [-0.15, -0.1) is 0 Å². The molecule has 1 rings (SSSR count). The number of likely N-dealkylation sites (N-methyl/N-ethyl adjacent to an activating group) is 1. The summed E-state index contributed by atoms with van der Waals surface area (Å²) in [6, 6.07) is 0.0456. The summed E-state index contributed by atoms with van der Waals surface area (Å²) < 4.78 is 6.97. The number of methoxy groups -OCH3 is 1. The zero-order valence-electron chi connectivity index (χ0n) is 12.9. The van der Waals surface area contributed by atoms with Crippen LogP contribution in [0.1, 0.15) is 36.3 Å². The number of carbonyl (C=O) groups is 1. The van der Waals surface area contributed by atoms with Crippen molar-refractivity contribution in [3.63, 3.8) is 0 Å². The summed E-state index contributed by atoms with van der Waals surface area (Å²) in [7, 11) is 1.64. The molecule has 6 heteroatoms. The van der Waals surface area contributed by atoms with Crippen LogP contribution in [0.5, 0.6) is 0 Å². The molecular weight excluding hydrogens is 256 g/mol. The van der Waals surface area contributed by atoms with E-state index in [0.29, 0.717) is 25.3 Å². The van der Waals surface area contributed by atoms with Crippen LogP contribution < -0.4 is 5.73 Å². The van der Waals surface area contributed by atoms with E-state index in [9.17, 15) is 4.79 Å². The lowest BCUT2D eigenvalue weighted by Crippen LogP contribution is -2.41. The van der Waals surface area contributed by atoms with Crippen molar-refractivity contribution in [3.8, 4) is 0 Å². The number of hydrogen-bond acceptors (Lipinski definition) is 4. The fourth-order valence-corrected chi connectivity index (χ4v) is 2.26. The van der Waals surface area contributed by atoms with Crippen molar-refractivity contribution in [2.75, 3.05) is 26.8 Å². The Labute approximate surface area is 120 Å². The van der Waals surface area contributed by atoms with E-state index in [0.717, 1.165) is 18.7 Å². The van der Waals surface area contributed by atoms with Crippen molar-refractivity contribution in [3.05, 3.63) is 17.5 Å². The first kappa shape index (κ1) is 16.7. The van der Waals surface area contributed by atoms with Gasteiger partial charge < -0.3 is 15.4 Å². The minimum absolute atomic E-state index is 0.00792. The highest BCUT2D eigenvalue weighted by molar-refractivity contribution is 5.95. The highest BCUT2D eigenvalue weighted by Gasteiger charge is 2.23. The smallest absolute Gasteiger partial charge is 0.257 e. The molecule has 2 N–H and O–H groups in total. The van der Waals surface area contributed by atoms with Gasteiger partial charge in [-0.1, -0.05) is 0 Å². The molecule has 0 fully saturated rings. The summed E-state index contributed by atoms with van der Waals surface area (Å²) in [4.78, 5) is 14.4. The average Bonchev–Trinajstić information content (AvgIpc) is 2.78. The van der Waals surface area contributed by atoms with E-state index in [1.807, 2.05) is 25.5 Å². The molecule has 0 aliphatic carbocycles. The van der Waals surface area contributed by atoms with Crippen molar-refractivity contribution in [1.82, 2.24) is 14.7 Å². The molecular formula is C14H26N4O2. The molecule has 6 nitrogen and oxygen atoms in total. The first-order chi connectivity index (χ1) is 9.56. The predicted octanol–water partition coefficient (Wildman–Crippen LogP) is 1.04. The second-order valence-corrected chi connectivity index (χ2v) is 4.90. The van der Waals surface area contributed by atoms with Gasteiger partial charge in [0, 0.05) is 25.9 Å². The lowest BCUT2D eigenvalue weighted by molar-refractivity contribution is 0.0578. The van der Waals surface area contributed by atoms with E-state index >= 15 is 0 Å². The summed E-state index contributed by atoms with van der Waals surface area (Å²) in [5.74, 6) is 0.00792. The molecule has 0 aliphatic rings. The number of ether oxygens (including phenoxy) is 1. The molecule has 1 aromatic rings. The van der Waals surface area contributed by atoms with Crippen LogP contribution in [-0.2, 0) is 11.3 Å². The summed E-state index contributed by atoms with van der Waals surface area (Å²) in [6.07, 6.45) is 2.50. The van der Waals surface area contributed by atoms with Gasteiger partial charge >= 0.3 is 0 Å². The minimum Gasteiger partial charge on any atom is -0.383 e. The quantitative estimate of drug-likeness (QED) is 0.773. The average molecular weight is 282 g/mol. The topological polar surface area (TPSA) is 73.4 Å². The fourth-order valence-electron chi connectivity index (χ4n) is 2.26. The van der Waals surface area contributed by atoms with E-state index in [1.165, 1.54) is 0 Å². The molecule has 0 saturated heterocycles. The molecule has 0 aromatic carbocycles. The van der Waals surface area contributed by atoms with Gasteiger partial charge in [0.15, 0.2) is 0 Å². The highest BCUT2D eigenvalue weighted by atomic mass is 16.5. The number of hydrogen-bond donors (Lipinski definition) is 1. The van der Waals surface area contributed by atoms with Crippen LogP contribution in [0, 0.1) is 6.92 Å². The number of rotatable bonds is 8. The highest BCUT2D eigenvalue weighted by Crippen LogP contribution is 2.13. The largest absolute Gasteiger partial charge is 0.383 e. The first-order valence-corrected chi connectivity index (χ1v) is 7.09. The monoisotopic (exact) mass is 282 g/mol. The lowest BCUT2D eigenvalue weighted by Gasteiger charge is -2.27. The zero-order valence-corrected chi connectivity index (χ0v) is 12.9. The summed E-state index contributed by atoms with van der Waals surface area (Å²) in [5, 5.41) is 4.28. The number of amides is 1. The Bertz CT molecular complexity index is 431. The normalized spacial score (nSPS) is 12.4. The predicted molar refractivity (Wildman–Crippen MR) is 78.7 cm³/mol. The van der Waals surface area contributed by atoms with E-state index < -0.39 is 0 Å². The Kier molecular flexibility index (Phi) is 6.67. The Morgan fingerprint density at radius 1 is 1.60 bits per heavy atom. The van der Waals surface area contributed by atoms with E-state index in [-0.39, 0.29) is 11.9 Å². The molecule has 114 valence electrons. The van der Waals surface area contributed by atoms with Gasteiger partial charge in [-0.25, -0.2) is 0 Å². The van der Waals surface area contributed by atoms with Crippen LogP contribution in [0.4, 0.5) is 0 Å². The maximum atomic E-state index is 12.6. The first-order valence-electron chi connectivity index (χ1n) is 7.09. The molecule has 0 saturated carbocycles. The molecule has 1 amide bonds. The van der Waals surface area contributed by atoms with Gasteiger partial charge in [-0.3, -0.25) is 9.48 Å². The second kappa shape index (κ2) is 8.01. The van der Waals surface area contributed by atoms with Gasteiger partial charge in [-0.2, -0.15) is 5.10 Å². The molecule has 20 heavy (non-hydrogen) atoms. The Hall–Kier alpha value is -1.40. The number of nitrogens with two attached hydrogens (primary N) is 1. The molecule has 1 heterocycles. The third-order valence-corrected chi connectivity index (χ3v) is 3.45. The lowest BCUT2D eigenvalue weighted by atomic mass is 10.2. The van der Waals surface area contributed by atoms with E-state index in [1.54, 1.807) is 18.2 Å². The Morgan fingerprint density at radius 3 is 2.85 bits per heavy atom. The molecule has 1 unspecified atom stereocenters.